The van der Waals surface area contributed by atoms with Crippen molar-refractivity contribution >= 4 is 17.3 Å². The average Bonchev–Trinajstić information content (AvgIpc) is 2.71. The molecule has 1 aromatic heterocycles. The molecule has 0 bridgehead atoms. The van der Waals surface area contributed by atoms with Crippen molar-refractivity contribution in [2.45, 2.75) is 12.2 Å². The first-order valence-electron chi connectivity index (χ1n) is 3.59. The number of methoxy groups -OCH3 is 1. The Labute approximate surface area is 73.9 Å². The van der Waals surface area contributed by atoms with Gasteiger partial charge in [-0.25, -0.2) is 4.79 Å². The van der Waals surface area contributed by atoms with Crippen LogP contribution in [0.5, 0.6) is 0 Å². The maximum Gasteiger partial charge on any atom is 0.338 e. The smallest absolute Gasteiger partial charge is 0.338 e. The van der Waals surface area contributed by atoms with E-state index in [-0.39, 0.29) is 18.2 Å². The van der Waals surface area contributed by atoms with Crippen LogP contribution in [0.25, 0.3) is 0 Å². The number of ether oxygens (including phenoxy) is 2. The molecule has 12 heavy (non-hydrogen) atoms. The Morgan fingerprint density at radius 3 is 3.17 bits per heavy atom. The van der Waals surface area contributed by atoms with Crippen LogP contribution in [0.3, 0.4) is 0 Å². The molecule has 0 saturated carbocycles. The van der Waals surface area contributed by atoms with Gasteiger partial charge in [0.05, 0.1) is 7.11 Å². The first-order valence-corrected chi connectivity index (χ1v) is 4.47. The summed E-state index contributed by atoms with van der Waals surface area (Å²) < 4.78 is 9.69. The summed E-state index contributed by atoms with van der Waals surface area (Å²) in [6, 6.07) is 3.90. The summed E-state index contributed by atoms with van der Waals surface area (Å²) in [5.41, 5.74) is 0. The third-order valence-electron chi connectivity index (χ3n) is 1.75. The highest BCUT2D eigenvalue weighted by Crippen LogP contribution is 2.41. The fraction of sp³-hybridized carbons (Fsp3) is 0.375. The van der Waals surface area contributed by atoms with Crippen molar-refractivity contribution in [2.75, 3.05) is 7.11 Å². The standard InChI is InChI=1S/C8H8O3S/c1-10-8(9)7-6(11-7)5-3-2-4-12-5/h2-4,6-7H,1H3/t6-,7-/m1/s1. The molecule has 1 aromatic rings. The zero-order valence-corrected chi connectivity index (χ0v) is 7.34. The number of hydrogen-bond donors (Lipinski definition) is 0. The molecule has 0 spiro atoms. The summed E-state index contributed by atoms with van der Waals surface area (Å²) in [7, 11) is 1.37. The van der Waals surface area contributed by atoms with Gasteiger partial charge in [0.2, 0.25) is 0 Å². The molecule has 2 atom stereocenters. The van der Waals surface area contributed by atoms with Crippen molar-refractivity contribution in [2.24, 2.45) is 0 Å². The summed E-state index contributed by atoms with van der Waals surface area (Å²) in [4.78, 5) is 12.0. The van der Waals surface area contributed by atoms with Crippen LogP contribution in [0.4, 0.5) is 0 Å². The Hall–Kier alpha value is -0.870. The highest BCUT2D eigenvalue weighted by molar-refractivity contribution is 7.10. The third-order valence-corrected chi connectivity index (χ3v) is 2.68. The number of esters is 1. The average molecular weight is 184 g/mol. The topological polar surface area (TPSA) is 38.8 Å². The van der Waals surface area contributed by atoms with Crippen LogP contribution in [0.15, 0.2) is 17.5 Å². The number of epoxide rings is 1. The van der Waals surface area contributed by atoms with Gasteiger partial charge in [0.1, 0.15) is 6.10 Å². The van der Waals surface area contributed by atoms with Crippen LogP contribution in [0.1, 0.15) is 11.0 Å². The molecule has 0 amide bonds. The largest absolute Gasteiger partial charge is 0.467 e. The third kappa shape index (κ3) is 1.23. The fourth-order valence-corrected chi connectivity index (χ4v) is 1.86. The Kier molecular flexibility index (Phi) is 1.86. The zero-order valence-electron chi connectivity index (χ0n) is 6.52. The maximum atomic E-state index is 10.9. The lowest BCUT2D eigenvalue weighted by molar-refractivity contribution is -0.142. The number of hydrogen-bond acceptors (Lipinski definition) is 4. The predicted molar refractivity (Wildman–Crippen MR) is 43.9 cm³/mol. The van der Waals surface area contributed by atoms with Crippen LogP contribution < -0.4 is 0 Å². The lowest BCUT2D eigenvalue weighted by Gasteiger charge is -1.90. The van der Waals surface area contributed by atoms with Crippen molar-refractivity contribution < 1.29 is 14.3 Å². The molecule has 1 aliphatic rings. The minimum Gasteiger partial charge on any atom is -0.467 e. The van der Waals surface area contributed by atoms with E-state index in [9.17, 15) is 4.79 Å². The van der Waals surface area contributed by atoms with Gasteiger partial charge in [-0.3, -0.25) is 0 Å². The van der Waals surface area contributed by atoms with Crippen LogP contribution in [0, 0.1) is 0 Å². The van der Waals surface area contributed by atoms with Gasteiger partial charge in [-0.15, -0.1) is 11.3 Å². The summed E-state index contributed by atoms with van der Waals surface area (Å²) in [5, 5.41) is 1.96. The summed E-state index contributed by atoms with van der Waals surface area (Å²) >= 11 is 1.59. The molecular formula is C8H8O3S. The van der Waals surface area contributed by atoms with Gasteiger partial charge < -0.3 is 9.47 Å². The second kappa shape index (κ2) is 2.88. The van der Waals surface area contributed by atoms with E-state index in [1.165, 1.54) is 7.11 Å². The molecule has 4 heteroatoms. The molecule has 3 nitrogen and oxygen atoms in total. The monoisotopic (exact) mass is 184 g/mol. The lowest BCUT2D eigenvalue weighted by atomic mass is 10.3. The van der Waals surface area contributed by atoms with Crippen LogP contribution in [-0.2, 0) is 14.3 Å². The first kappa shape index (κ1) is 7.76. The van der Waals surface area contributed by atoms with E-state index in [1.807, 2.05) is 17.5 Å². The summed E-state index contributed by atoms with van der Waals surface area (Å²) in [6.45, 7) is 0. The predicted octanol–water partition coefficient (Wildman–Crippen LogP) is 1.36. The molecule has 2 heterocycles. The van der Waals surface area contributed by atoms with Gasteiger partial charge in [-0.2, -0.15) is 0 Å². The SMILES string of the molecule is COC(=O)[C@@H]1O[C@@H]1c1cccs1. The van der Waals surface area contributed by atoms with E-state index in [1.54, 1.807) is 11.3 Å². The Morgan fingerprint density at radius 2 is 2.58 bits per heavy atom. The summed E-state index contributed by atoms with van der Waals surface area (Å²) in [6.07, 6.45) is -0.425. The highest BCUT2D eigenvalue weighted by atomic mass is 32.1. The molecule has 64 valence electrons. The van der Waals surface area contributed by atoms with Crippen LogP contribution in [-0.4, -0.2) is 19.2 Å². The van der Waals surface area contributed by atoms with E-state index in [4.69, 9.17) is 4.74 Å². The second-order valence-corrected chi connectivity index (χ2v) is 3.50. The molecular weight excluding hydrogens is 176 g/mol. The number of thiophene rings is 1. The first-order chi connectivity index (χ1) is 5.83. The van der Waals surface area contributed by atoms with Gasteiger partial charge in [-0.1, -0.05) is 6.07 Å². The molecule has 0 radical (unpaired) electrons. The Morgan fingerprint density at radius 1 is 1.75 bits per heavy atom. The minimum absolute atomic E-state index is 0.0579. The van der Waals surface area contributed by atoms with Crippen molar-refractivity contribution in [1.82, 2.24) is 0 Å². The quantitative estimate of drug-likeness (QED) is 0.514. The minimum atomic E-state index is -0.367. The van der Waals surface area contributed by atoms with Crippen molar-refractivity contribution in [3.8, 4) is 0 Å². The highest BCUT2D eigenvalue weighted by Gasteiger charge is 2.47. The molecule has 0 N–H and O–H groups in total. The Balaban J connectivity index is 2.01. The van der Waals surface area contributed by atoms with E-state index in [0.717, 1.165) is 4.88 Å². The number of carbonyl (C=O) groups is 1. The molecule has 1 aliphatic heterocycles. The van der Waals surface area contributed by atoms with Gasteiger partial charge in [0, 0.05) is 4.88 Å². The zero-order chi connectivity index (χ0) is 8.55. The van der Waals surface area contributed by atoms with E-state index < -0.39 is 0 Å². The molecule has 1 saturated heterocycles. The molecule has 2 rings (SSSR count). The van der Waals surface area contributed by atoms with Crippen LogP contribution in [0.2, 0.25) is 0 Å². The molecule has 1 fully saturated rings. The van der Waals surface area contributed by atoms with Gasteiger partial charge >= 0.3 is 5.97 Å². The molecule has 0 aliphatic carbocycles. The lowest BCUT2D eigenvalue weighted by Crippen LogP contribution is -2.08. The normalized spacial score (nSPS) is 26.8. The van der Waals surface area contributed by atoms with Crippen molar-refractivity contribution in [3.05, 3.63) is 22.4 Å². The van der Waals surface area contributed by atoms with E-state index in [2.05, 4.69) is 4.74 Å². The molecule has 0 unspecified atom stereocenters. The van der Waals surface area contributed by atoms with Crippen molar-refractivity contribution in [1.29, 1.82) is 0 Å². The summed E-state index contributed by atoms with van der Waals surface area (Å²) in [5.74, 6) is -0.284. The van der Waals surface area contributed by atoms with Gasteiger partial charge in [0.15, 0.2) is 6.10 Å². The van der Waals surface area contributed by atoms with E-state index in [0.29, 0.717) is 0 Å². The number of rotatable bonds is 2. The second-order valence-electron chi connectivity index (χ2n) is 2.52. The van der Waals surface area contributed by atoms with Crippen molar-refractivity contribution in [3.63, 3.8) is 0 Å². The van der Waals surface area contributed by atoms with Gasteiger partial charge in [0.25, 0.3) is 0 Å². The Bertz CT molecular complexity index is 281. The molecule has 0 aromatic carbocycles. The van der Waals surface area contributed by atoms with Crippen LogP contribution >= 0.6 is 11.3 Å². The fourth-order valence-electron chi connectivity index (χ4n) is 1.08. The van der Waals surface area contributed by atoms with E-state index >= 15 is 0 Å². The maximum absolute atomic E-state index is 10.9. The number of carbonyl (C=O) groups excluding carboxylic acids is 1. The van der Waals surface area contributed by atoms with Gasteiger partial charge in [-0.05, 0) is 11.4 Å².